The van der Waals surface area contributed by atoms with Crippen molar-refractivity contribution in [3.05, 3.63) is 78.0 Å². The van der Waals surface area contributed by atoms with Gasteiger partial charge in [-0.1, -0.05) is 31.7 Å². The van der Waals surface area contributed by atoms with Crippen molar-refractivity contribution in [2.24, 2.45) is 10.7 Å². The number of aromatic nitrogens is 2. The molecule has 10 heteroatoms. The number of allylic oxidation sites excluding steroid dienone is 1. The molecule has 0 fully saturated rings. The first-order chi connectivity index (χ1) is 16.1. The molecule has 1 amide bonds. The molecule has 0 spiro atoms. The number of hydrogen-bond donors (Lipinski definition) is 3. The van der Waals surface area contributed by atoms with Crippen molar-refractivity contribution in [2.75, 3.05) is 10.6 Å². The van der Waals surface area contributed by atoms with E-state index in [0.29, 0.717) is 35.4 Å². The van der Waals surface area contributed by atoms with E-state index < -0.39 is 23.5 Å². The molecule has 0 aliphatic rings. The summed E-state index contributed by atoms with van der Waals surface area (Å²) in [6.07, 6.45) is -1.81. The highest BCUT2D eigenvalue weighted by Gasteiger charge is 2.35. The molecule has 0 saturated heterocycles. The fraction of sp³-hybridized carbons (Fsp3) is 0.167. The van der Waals surface area contributed by atoms with Crippen molar-refractivity contribution in [1.82, 2.24) is 9.97 Å². The first-order valence-electron chi connectivity index (χ1n) is 10.3. The Bertz CT molecular complexity index is 1250. The highest BCUT2D eigenvalue weighted by atomic mass is 19.4. The van der Waals surface area contributed by atoms with Gasteiger partial charge in [-0.2, -0.15) is 18.2 Å². The van der Waals surface area contributed by atoms with E-state index >= 15 is 0 Å². The van der Waals surface area contributed by atoms with E-state index in [1.807, 2.05) is 6.92 Å². The summed E-state index contributed by atoms with van der Waals surface area (Å²) in [6, 6.07) is 11.4. The van der Waals surface area contributed by atoms with Gasteiger partial charge in [0.2, 0.25) is 11.9 Å². The van der Waals surface area contributed by atoms with Gasteiger partial charge in [-0.25, -0.2) is 4.98 Å². The summed E-state index contributed by atoms with van der Waals surface area (Å²) in [5, 5.41) is 5.60. The Hall–Kier alpha value is -4.21. The van der Waals surface area contributed by atoms with Crippen LogP contribution in [0, 0.1) is 6.92 Å². The minimum Gasteiger partial charge on any atom is -0.366 e. The number of amides is 1. The lowest BCUT2D eigenvalue weighted by atomic mass is 10.1. The SMILES string of the molecule is C=CC(CC)=Nc1ccccc1Nc1nc(Nc2cc(C(N)=O)ccc2C)ncc1C(F)(F)F. The molecule has 0 saturated carbocycles. The number of nitrogens with zero attached hydrogens (tertiary/aromatic N) is 3. The van der Waals surface area contributed by atoms with Crippen LogP contribution in [0.5, 0.6) is 0 Å². The molecular weight excluding hydrogens is 445 g/mol. The zero-order valence-corrected chi connectivity index (χ0v) is 18.6. The van der Waals surface area contributed by atoms with Gasteiger partial charge in [0.15, 0.2) is 0 Å². The van der Waals surface area contributed by atoms with E-state index in [0.717, 1.165) is 5.56 Å². The maximum absolute atomic E-state index is 13.7. The van der Waals surface area contributed by atoms with E-state index in [-0.39, 0.29) is 11.5 Å². The number of halogens is 3. The summed E-state index contributed by atoms with van der Waals surface area (Å²) >= 11 is 0. The molecule has 4 N–H and O–H groups in total. The van der Waals surface area contributed by atoms with Crippen molar-refractivity contribution in [3.8, 4) is 0 Å². The molecule has 0 atom stereocenters. The molecule has 0 aliphatic carbocycles. The first-order valence-corrected chi connectivity index (χ1v) is 10.3. The third kappa shape index (κ3) is 5.77. The Morgan fingerprint density at radius 2 is 1.91 bits per heavy atom. The number of carbonyl (C=O) groups excluding carboxylic acids is 1. The van der Waals surface area contributed by atoms with Crippen molar-refractivity contribution in [1.29, 1.82) is 0 Å². The second-order valence-electron chi connectivity index (χ2n) is 7.28. The maximum atomic E-state index is 13.7. The lowest BCUT2D eigenvalue weighted by Gasteiger charge is -2.16. The molecule has 2 aromatic carbocycles. The number of para-hydroxylation sites is 2. The van der Waals surface area contributed by atoms with E-state index in [9.17, 15) is 18.0 Å². The second-order valence-corrected chi connectivity index (χ2v) is 7.28. The van der Waals surface area contributed by atoms with Gasteiger partial charge in [-0.05, 0) is 49.2 Å². The van der Waals surface area contributed by atoms with Gasteiger partial charge in [0, 0.05) is 23.2 Å². The number of primary amides is 1. The van der Waals surface area contributed by atoms with Gasteiger partial charge in [0.05, 0.1) is 11.4 Å². The van der Waals surface area contributed by atoms with E-state index in [1.165, 1.54) is 6.07 Å². The molecule has 0 unspecified atom stereocenters. The molecule has 1 aromatic heterocycles. The monoisotopic (exact) mass is 468 g/mol. The standard InChI is InChI=1S/C24H23F3N6O/c1-4-16(5-2)30-18-8-6-7-9-19(18)31-22-17(24(25,26)27)13-29-23(33-22)32-20-12-15(21(28)34)11-10-14(20)3/h4,6-13H,1,5H2,2-3H3,(H2,28,34)(H2,29,31,32,33). The number of carbonyl (C=O) groups is 1. The number of rotatable bonds is 8. The summed E-state index contributed by atoms with van der Waals surface area (Å²) in [5.74, 6) is -1.18. The second kappa shape index (κ2) is 10.2. The summed E-state index contributed by atoms with van der Waals surface area (Å²) in [6.45, 7) is 7.36. The van der Waals surface area contributed by atoms with Crippen molar-refractivity contribution in [2.45, 2.75) is 26.4 Å². The minimum absolute atomic E-state index is 0.0958. The molecular formula is C24H23F3N6O. The predicted molar refractivity (Wildman–Crippen MR) is 127 cm³/mol. The van der Waals surface area contributed by atoms with Crippen LogP contribution in [0.4, 0.5) is 42.0 Å². The van der Waals surface area contributed by atoms with Crippen LogP contribution < -0.4 is 16.4 Å². The third-order valence-electron chi connectivity index (χ3n) is 4.88. The topological polar surface area (TPSA) is 105 Å². The highest BCUT2D eigenvalue weighted by molar-refractivity contribution is 5.97. The molecule has 3 rings (SSSR count). The summed E-state index contributed by atoms with van der Waals surface area (Å²) in [5.41, 5.74) is 7.12. The normalized spacial score (nSPS) is 11.7. The summed E-state index contributed by atoms with van der Waals surface area (Å²) < 4.78 is 41.1. The van der Waals surface area contributed by atoms with E-state index in [1.54, 1.807) is 49.4 Å². The molecule has 1 heterocycles. The predicted octanol–water partition coefficient (Wildman–Crippen LogP) is 6.06. The van der Waals surface area contributed by atoms with Crippen molar-refractivity contribution >= 4 is 40.4 Å². The third-order valence-corrected chi connectivity index (χ3v) is 4.88. The number of nitrogens with one attached hydrogen (secondary N) is 2. The highest BCUT2D eigenvalue weighted by Crippen LogP contribution is 2.37. The number of hydrogen-bond acceptors (Lipinski definition) is 6. The van der Waals surface area contributed by atoms with Crippen LogP contribution in [0.1, 0.15) is 34.8 Å². The summed E-state index contributed by atoms with van der Waals surface area (Å²) in [7, 11) is 0. The Kier molecular flexibility index (Phi) is 7.30. The average molecular weight is 468 g/mol. The first kappa shape index (κ1) is 24.4. The number of aryl methyl sites for hydroxylation is 1. The average Bonchev–Trinajstić information content (AvgIpc) is 2.79. The fourth-order valence-electron chi connectivity index (χ4n) is 3.00. The van der Waals surface area contributed by atoms with Crippen LogP contribution in [0.3, 0.4) is 0 Å². The van der Waals surface area contributed by atoms with Gasteiger partial charge >= 0.3 is 6.18 Å². The fourth-order valence-corrected chi connectivity index (χ4v) is 3.00. The van der Waals surface area contributed by atoms with Crippen LogP contribution in [-0.4, -0.2) is 21.6 Å². The van der Waals surface area contributed by atoms with Gasteiger partial charge in [0.1, 0.15) is 11.4 Å². The molecule has 7 nitrogen and oxygen atoms in total. The zero-order chi connectivity index (χ0) is 24.9. The summed E-state index contributed by atoms with van der Waals surface area (Å²) in [4.78, 5) is 23.8. The molecule has 0 radical (unpaired) electrons. The molecule has 176 valence electrons. The Morgan fingerprint density at radius 3 is 2.56 bits per heavy atom. The molecule has 0 bridgehead atoms. The molecule has 0 aliphatic heterocycles. The van der Waals surface area contributed by atoms with Crippen LogP contribution in [0.2, 0.25) is 0 Å². The Labute approximate surface area is 194 Å². The lowest BCUT2D eigenvalue weighted by Crippen LogP contribution is -2.13. The number of aliphatic imine (C=N–C) groups is 1. The Morgan fingerprint density at radius 1 is 1.18 bits per heavy atom. The van der Waals surface area contributed by atoms with Crippen LogP contribution in [0.25, 0.3) is 0 Å². The van der Waals surface area contributed by atoms with Crippen LogP contribution >= 0.6 is 0 Å². The van der Waals surface area contributed by atoms with E-state index in [2.05, 4.69) is 32.2 Å². The van der Waals surface area contributed by atoms with Gasteiger partial charge < -0.3 is 16.4 Å². The number of benzene rings is 2. The van der Waals surface area contributed by atoms with Gasteiger partial charge in [0.25, 0.3) is 0 Å². The van der Waals surface area contributed by atoms with Gasteiger partial charge in [-0.15, -0.1) is 0 Å². The van der Waals surface area contributed by atoms with Crippen LogP contribution in [-0.2, 0) is 6.18 Å². The Balaban J connectivity index is 2.04. The quantitative estimate of drug-likeness (QED) is 0.349. The zero-order valence-electron chi connectivity index (χ0n) is 18.6. The van der Waals surface area contributed by atoms with Crippen molar-refractivity contribution < 1.29 is 18.0 Å². The lowest BCUT2D eigenvalue weighted by molar-refractivity contribution is -0.137. The van der Waals surface area contributed by atoms with Crippen LogP contribution in [0.15, 0.2) is 66.3 Å². The smallest absolute Gasteiger partial charge is 0.366 e. The van der Waals surface area contributed by atoms with Gasteiger partial charge in [-0.3, -0.25) is 9.79 Å². The maximum Gasteiger partial charge on any atom is 0.421 e. The minimum atomic E-state index is -4.70. The molecule has 3 aromatic rings. The number of nitrogens with two attached hydrogens (primary N) is 1. The van der Waals surface area contributed by atoms with E-state index in [4.69, 9.17) is 5.73 Å². The van der Waals surface area contributed by atoms with Crippen molar-refractivity contribution in [3.63, 3.8) is 0 Å². The molecule has 34 heavy (non-hydrogen) atoms. The largest absolute Gasteiger partial charge is 0.421 e. The number of anilines is 4. The number of alkyl halides is 3.